The molecule has 0 saturated heterocycles. The van der Waals surface area contributed by atoms with E-state index in [1.54, 1.807) is 24.3 Å². The second-order valence-electron chi connectivity index (χ2n) is 4.31. The van der Waals surface area contributed by atoms with Crippen molar-refractivity contribution in [2.75, 3.05) is 6.61 Å². The van der Waals surface area contributed by atoms with E-state index >= 15 is 0 Å². The number of imidazole rings is 1. The van der Waals surface area contributed by atoms with Crippen LogP contribution >= 0.6 is 0 Å². The van der Waals surface area contributed by atoms with Gasteiger partial charge in [0, 0.05) is 0 Å². The van der Waals surface area contributed by atoms with Gasteiger partial charge in [-0.3, -0.25) is 14.8 Å². The van der Waals surface area contributed by atoms with Crippen molar-refractivity contribution in [1.29, 1.82) is 0 Å². The molecule has 3 N–H and O–H groups in total. The van der Waals surface area contributed by atoms with Gasteiger partial charge in [0.25, 0.3) is 5.56 Å². The van der Waals surface area contributed by atoms with Gasteiger partial charge < -0.3 is 9.72 Å². The Bertz CT molecular complexity index is 920. The minimum absolute atomic E-state index is 0.119. The quantitative estimate of drug-likeness (QED) is 0.625. The molecule has 0 amide bonds. The molecule has 0 aliphatic rings. The number of nitrogens with one attached hydrogen (secondary N) is 3. The van der Waals surface area contributed by atoms with Crippen LogP contribution in [0.1, 0.15) is 0 Å². The first-order valence-electron chi connectivity index (χ1n) is 6.24. The van der Waals surface area contributed by atoms with Gasteiger partial charge in [0.2, 0.25) is 0 Å². The highest BCUT2D eigenvalue weighted by Crippen LogP contribution is 2.26. The Morgan fingerprint density at radius 3 is 2.81 bits per heavy atom. The molecule has 7 nitrogen and oxygen atoms in total. The number of aromatic amines is 3. The highest BCUT2D eigenvalue weighted by atomic mass is 16.5. The Labute approximate surface area is 118 Å². The number of ether oxygens (including phenoxy) is 1. The highest BCUT2D eigenvalue weighted by molar-refractivity contribution is 5.73. The molecule has 0 radical (unpaired) electrons. The van der Waals surface area contributed by atoms with Crippen molar-refractivity contribution in [2.24, 2.45) is 0 Å². The van der Waals surface area contributed by atoms with E-state index in [0.717, 1.165) is 0 Å². The van der Waals surface area contributed by atoms with Crippen molar-refractivity contribution in [1.82, 2.24) is 19.9 Å². The smallest absolute Gasteiger partial charge is 0.325 e. The fraction of sp³-hybridized carbons (Fsp3) is 0.0714. The van der Waals surface area contributed by atoms with E-state index in [9.17, 15) is 9.59 Å². The Morgan fingerprint density at radius 1 is 1.19 bits per heavy atom. The molecule has 0 unspecified atom stereocenters. The van der Waals surface area contributed by atoms with Crippen LogP contribution in [0.2, 0.25) is 0 Å². The topological polar surface area (TPSA) is 104 Å². The Morgan fingerprint density at radius 2 is 2.00 bits per heavy atom. The number of fused-ring (bicyclic) bond motifs is 1. The normalized spacial score (nSPS) is 10.7. The second kappa shape index (κ2) is 5.12. The zero-order chi connectivity index (χ0) is 14.8. The molecule has 0 aliphatic heterocycles. The maximum absolute atomic E-state index is 12.0. The molecule has 3 aromatic rings. The van der Waals surface area contributed by atoms with Gasteiger partial charge in [0.05, 0.1) is 5.56 Å². The molecule has 0 atom stereocenters. The number of hydrogen-bond donors (Lipinski definition) is 3. The third kappa shape index (κ3) is 2.36. The maximum atomic E-state index is 12.0. The van der Waals surface area contributed by atoms with Crippen LogP contribution in [0.4, 0.5) is 0 Å². The van der Waals surface area contributed by atoms with Crippen molar-refractivity contribution in [3.63, 3.8) is 0 Å². The van der Waals surface area contributed by atoms with Crippen LogP contribution in [0, 0.1) is 0 Å². The molecular formula is C14H12N4O3. The lowest BCUT2D eigenvalue weighted by molar-refractivity contribution is 0.364. The summed E-state index contributed by atoms with van der Waals surface area (Å²) < 4.78 is 5.54. The number of aromatic nitrogens is 4. The van der Waals surface area contributed by atoms with Crippen LogP contribution in [0.25, 0.3) is 22.6 Å². The van der Waals surface area contributed by atoms with E-state index in [2.05, 4.69) is 26.5 Å². The third-order valence-corrected chi connectivity index (χ3v) is 2.89. The molecule has 0 spiro atoms. The summed E-state index contributed by atoms with van der Waals surface area (Å²) in [4.78, 5) is 35.0. The van der Waals surface area contributed by atoms with Gasteiger partial charge in [-0.25, -0.2) is 9.78 Å². The summed E-state index contributed by atoms with van der Waals surface area (Å²) in [5.41, 5.74) is 0.0501. The van der Waals surface area contributed by atoms with Crippen molar-refractivity contribution < 1.29 is 4.74 Å². The molecular weight excluding hydrogens is 272 g/mol. The first-order chi connectivity index (χ1) is 10.2. The van der Waals surface area contributed by atoms with Gasteiger partial charge in [-0.2, -0.15) is 0 Å². The Balaban J connectivity index is 2.18. The summed E-state index contributed by atoms with van der Waals surface area (Å²) in [7, 11) is 0. The molecule has 0 aliphatic carbocycles. The number of H-pyrrole nitrogens is 3. The lowest BCUT2D eigenvalue weighted by Gasteiger charge is -2.09. The van der Waals surface area contributed by atoms with Gasteiger partial charge in [-0.15, -0.1) is 0 Å². The van der Waals surface area contributed by atoms with Gasteiger partial charge in [-0.1, -0.05) is 24.8 Å². The van der Waals surface area contributed by atoms with E-state index in [1.807, 2.05) is 6.07 Å². The highest BCUT2D eigenvalue weighted by Gasteiger charge is 2.12. The molecule has 2 aromatic heterocycles. The van der Waals surface area contributed by atoms with Gasteiger partial charge in [-0.05, 0) is 12.1 Å². The third-order valence-electron chi connectivity index (χ3n) is 2.89. The van der Waals surface area contributed by atoms with Gasteiger partial charge in [0.15, 0.2) is 11.2 Å². The van der Waals surface area contributed by atoms with Gasteiger partial charge >= 0.3 is 5.69 Å². The second-order valence-corrected chi connectivity index (χ2v) is 4.31. The summed E-state index contributed by atoms with van der Waals surface area (Å²) in [6.45, 7) is 3.93. The zero-order valence-corrected chi connectivity index (χ0v) is 11.0. The van der Waals surface area contributed by atoms with E-state index in [4.69, 9.17) is 4.74 Å². The molecule has 0 saturated carbocycles. The standard InChI is InChI=1S/C14H12N4O3/c1-2-7-21-9-6-4-3-5-8(9)11-16-12-10(13(19)17-11)15-14(20)18-12/h2-6H,1,7H2,(H3,15,16,17,18,19,20). The molecule has 3 rings (SSSR count). The summed E-state index contributed by atoms with van der Waals surface area (Å²) in [5, 5.41) is 0. The predicted octanol–water partition coefficient (Wildman–Crippen LogP) is 1.17. The number of para-hydroxylation sites is 1. The van der Waals surface area contributed by atoms with Crippen LogP contribution in [0.5, 0.6) is 5.75 Å². The molecule has 7 heteroatoms. The molecule has 0 fully saturated rings. The molecule has 106 valence electrons. The first kappa shape index (κ1) is 12.9. The van der Waals surface area contributed by atoms with E-state index < -0.39 is 11.2 Å². The predicted molar refractivity (Wildman–Crippen MR) is 78.5 cm³/mol. The maximum Gasteiger partial charge on any atom is 0.325 e. The fourth-order valence-corrected chi connectivity index (χ4v) is 2.00. The molecule has 1 aromatic carbocycles. The number of nitrogens with zero attached hydrogens (tertiary/aromatic N) is 1. The Kier molecular flexibility index (Phi) is 3.15. The van der Waals surface area contributed by atoms with Crippen LogP contribution in [0.15, 0.2) is 46.5 Å². The molecule has 2 heterocycles. The van der Waals surface area contributed by atoms with Crippen LogP contribution in [-0.4, -0.2) is 26.5 Å². The monoisotopic (exact) mass is 284 g/mol. The summed E-state index contributed by atoms with van der Waals surface area (Å²) in [6.07, 6.45) is 1.62. The number of rotatable bonds is 4. The van der Waals surface area contributed by atoms with Crippen LogP contribution in [-0.2, 0) is 0 Å². The largest absolute Gasteiger partial charge is 0.489 e. The lowest BCUT2D eigenvalue weighted by atomic mass is 10.2. The average molecular weight is 284 g/mol. The summed E-state index contributed by atoms with van der Waals surface area (Å²) in [5.74, 6) is 0.889. The zero-order valence-electron chi connectivity index (χ0n) is 11.0. The minimum atomic E-state index is -0.476. The number of hydrogen-bond acceptors (Lipinski definition) is 4. The summed E-state index contributed by atoms with van der Waals surface area (Å²) >= 11 is 0. The van der Waals surface area contributed by atoms with Crippen LogP contribution < -0.4 is 16.0 Å². The Hall–Kier alpha value is -3.09. The van der Waals surface area contributed by atoms with Crippen molar-refractivity contribution in [3.05, 3.63) is 57.8 Å². The minimum Gasteiger partial charge on any atom is -0.489 e. The molecule has 21 heavy (non-hydrogen) atoms. The van der Waals surface area contributed by atoms with E-state index in [1.165, 1.54) is 0 Å². The number of benzene rings is 1. The SMILES string of the molecule is C=CCOc1ccccc1-c1nc2[nH]c(=O)[nH]c2c(=O)[nH]1. The summed E-state index contributed by atoms with van der Waals surface area (Å²) in [6, 6.07) is 7.16. The van der Waals surface area contributed by atoms with Crippen molar-refractivity contribution in [3.8, 4) is 17.1 Å². The van der Waals surface area contributed by atoms with E-state index in [-0.39, 0.29) is 11.2 Å². The molecule has 0 bridgehead atoms. The van der Waals surface area contributed by atoms with Crippen molar-refractivity contribution >= 4 is 11.2 Å². The fourth-order valence-electron chi connectivity index (χ4n) is 2.00. The van der Waals surface area contributed by atoms with Crippen molar-refractivity contribution in [2.45, 2.75) is 0 Å². The van der Waals surface area contributed by atoms with Gasteiger partial charge in [0.1, 0.15) is 18.2 Å². The van der Waals surface area contributed by atoms with E-state index in [0.29, 0.717) is 23.7 Å². The van der Waals surface area contributed by atoms with Crippen LogP contribution in [0.3, 0.4) is 0 Å². The lowest BCUT2D eigenvalue weighted by Crippen LogP contribution is -2.10. The first-order valence-corrected chi connectivity index (χ1v) is 6.24. The average Bonchev–Trinajstić information content (AvgIpc) is 2.86.